The molecule has 6 atom stereocenters. The molecule has 0 spiro atoms. The number of amides is 2. The van der Waals surface area contributed by atoms with Gasteiger partial charge in [-0.05, 0) is 26.5 Å². The molecule has 188 valence electrons. The Morgan fingerprint density at radius 1 is 1.29 bits per heavy atom. The number of ether oxygens (including phenoxy) is 1. The Morgan fingerprint density at radius 3 is 2.53 bits per heavy atom. The highest BCUT2D eigenvalue weighted by Crippen LogP contribution is 2.48. The normalized spacial score (nSPS) is 31.9. The number of aromatic nitrogens is 1. The van der Waals surface area contributed by atoms with Gasteiger partial charge in [-0.15, -0.1) is 0 Å². The van der Waals surface area contributed by atoms with Crippen LogP contribution in [-0.4, -0.2) is 99.4 Å². The van der Waals surface area contributed by atoms with Crippen molar-refractivity contribution in [3.05, 3.63) is 36.0 Å². The molecule has 2 amide bonds. The smallest absolute Gasteiger partial charge is 0.340 e. The van der Waals surface area contributed by atoms with E-state index in [1.165, 1.54) is 39.0 Å². The third kappa shape index (κ3) is 3.73. The molecule has 8 N–H and O–H groups in total. The highest BCUT2D eigenvalue weighted by Gasteiger charge is 2.75. The molecule has 1 aliphatic rings. The molecule has 0 bridgehead atoms. The number of hydrogen-bond donors (Lipinski definition) is 7. The van der Waals surface area contributed by atoms with Gasteiger partial charge in [-0.2, -0.15) is 0 Å². The molecular formula is C23H35N5O6. The standard InChI is InChI=1S/C23H35N5O6/c1-6-25-18-17(24)23(13(2)29,27-20(31)28(4)5)21(3,32)22(18,33)12-34-19(30)15-11-26-16-10-8-7-9-14(15)16/h7-11,13,17-18,25-26,29,32-33H,6,12,24H2,1-5H3,(H,27,31)/t13-,17-,18-,21-,22+,23-/m0/s1. The Bertz CT molecular complexity index is 1050. The predicted octanol–water partition coefficient (Wildman–Crippen LogP) is -0.483. The molecule has 1 saturated carbocycles. The summed E-state index contributed by atoms with van der Waals surface area (Å²) in [6.07, 6.45) is 0.135. The minimum Gasteiger partial charge on any atom is -0.459 e. The molecule has 0 aliphatic heterocycles. The third-order valence-corrected chi connectivity index (χ3v) is 7.08. The molecule has 34 heavy (non-hydrogen) atoms. The Hall–Kier alpha value is -2.70. The van der Waals surface area contributed by atoms with E-state index in [4.69, 9.17) is 10.5 Å². The summed E-state index contributed by atoms with van der Waals surface area (Å²) >= 11 is 0. The van der Waals surface area contributed by atoms with Crippen LogP contribution in [0.1, 0.15) is 31.1 Å². The summed E-state index contributed by atoms with van der Waals surface area (Å²) in [4.78, 5) is 29.7. The lowest BCUT2D eigenvalue weighted by molar-refractivity contribution is -0.189. The fourth-order valence-electron chi connectivity index (χ4n) is 5.07. The molecule has 11 heteroatoms. The van der Waals surface area contributed by atoms with Crippen molar-refractivity contribution in [3.63, 3.8) is 0 Å². The monoisotopic (exact) mass is 477 g/mol. The Morgan fingerprint density at radius 2 is 1.94 bits per heavy atom. The maximum Gasteiger partial charge on any atom is 0.340 e. The number of fused-ring (bicyclic) bond motifs is 1. The Kier molecular flexibility index (Phi) is 6.98. The van der Waals surface area contributed by atoms with Crippen molar-refractivity contribution >= 4 is 22.9 Å². The lowest BCUT2D eigenvalue weighted by Gasteiger charge is -2.48. The number of rotatable bonds is 7. The number of aliphatic hydroxyl groups is 3. The average Bonchev–Trinajstić information content (AvgIpc) is 3.26. The summed E-state index contributed by atoms with van der Waals surface area (Å²) in [6, 6.07) is 4.37. The number of urea groups is 1. The number of aliphatic hydroxyl groups excluding tert-OH is 1. The number of nitrogens with two attached hydrogens (primary N) is 1. The average molecular weight is 478 g/mol. The predicted molar refractivity (Wildman–Crippen MR) is 126 cm³/mol. The number of para-hydroxylation sites is 1. The van der Waals surface area contributed by atoms with Crippen molar-refractivity contribution in [1.82, 2.24) is 20.5 Å². The molecule has 3 rings (SSSR count). The van der Waals surface area contributed by atoms with E-state index in [1.54, 1.807) is 19.1 Å². The lowest BCUT2D eigenvalue weighted by Crippen LogP contribution is -2.76. The molecule has 1 fully saturated rings. The first-order valence-electron chi connectivity index (χ1n) is 11.2. The first-order valence-corrected chi connectivity index (χ1v) is 11.2. The largest absolute Gasteiger partial charge is 0.459 e. The fourth-order valence-corrected chi connectivity index (χ4v) is 5.07. The number of H-pyrrole nitrogens is 1. The molecule has 0 saturated heterocycles. The first kappa shape index (κ1) is 25.9. The zero-order valence-electron chi connectivity index (χ0n) is 20.1. The second-order valence-corrected chi connectivity index (χ2v) is 9.25. The number of hydrogen-bond acceptors (Lipinski definition) is 8. The van der Waals surface area contributed by atoms with Gasteiger partial charge in [0.2, 0.25) is 0 Å². The molecule has 1 aliphatic carbocycles. The summed E-state index contributed by atoms with van der Waals surface area (Å²) in [5.41, 5.74) is 1.26. The summed E-state index contributed by atoms with van der Waals surface area (Å²) in [5.74, 6) is -0.711. The van der Waals surface area contributed by atoms with Crippen LogP contribution < -0.4 is 16.4 Å². The van der Waals surface area contributed by atoms with Gasteiger partial charge in [-0.1, -0.05) is 25.1 Å². The van der Waals surface area contributed by atoms with E-state index in [9.17, 15) is 24.9 Å². The number of benzene rings is 1. The van der Waals surface area contributed by atoms with Crippen LogP contribution >= 0.6 is 0 Å². The summed E-state index contributed by atoms with van der Waals surface area (Å²) < 4.78 is 5.50. The second-order valence-electron chi connectivity index (χ2n) is 9.25. The molecule has 1 aromatic heterocycles. The van der Waals surface area contributed by atoms with Crippen LogP contribution in [0.25, 0.3) is 10.9 Å². The van der Waals surface area contributed by atoms with Crippen LogP contribution in [0.2, 0.25) is 0 Å². The van der Waals surface area contributed by atoms with Crippen LogP contribution in [0.5, 0.6) is 0 Å². The zero-order chi connectivity index (χ0) is 25.5. The van der Waals surface area contributed by atoms with Gasteiger partial charge < -0.3 is 46.3 Å². The van der Waals surface area contributed by atoms with E-state index in [-0.39, 0.29) is 5.56 Å². The molecule has 1 heterocycles. The van der Waals surface area contributed by atoms with Crippen LogP contribution in [0.3, 0.4) is 0 Å². The van der Waals surface area contributed by atoms with E-state index in [0.717, 1.165) is 5.52 Å². The molecule has 1 aromatic carbocycles. The lowest BCUT2D eigenvalue weighted by atomic mass is 9.73. The fraction of sp³-hybridized carbons (Fsp3) is 0.565. The van der Waals surface area contributed by atoms with Crippen molar-refractivity contribution in [2.45, 2.75) is 55.7 Å². The second kappa shape index (κ2) is 9.16. The van der Waals surface area contributed by atoms with E-state index in [2.05, 4.69) is 15.6 Å². The zero-order valence-corrected chi connectivity index (χ0v) is 20.1. The topological polar surface area (TPSA) is 173 Å². The maximum atomic E-state index is 12.9. The van der Waals surface area contributed by atoms with Gasteiger partial charge in [0, 0.05) is 31.2 Å². The number of likely N-dealkylation sites (N-methyl/N-ethyl adjacent to an activating group) is 1. The number of carbonyl (C=O) groups is 2. The third-order valence-electron chi connectivity index (χ3n) is 7.08. The van der Waals surface area contributed by atoms with Gasteiger partial charge in [0.15, 0.2) is 0 Å². The molecule has 11 nitrogen and oxygen atoms in total. The quantitative estimate of drug-likeness (QED) is 0.262. The van der Waals surface area contributed by atoms with Crippen LogP contribution in [-0.2, 0) is 4.74 Å². The maximum absolute atomic E-state index is 12.9. The summed E-state index contributed by atoms with van der Waals surface area (Å²) in [5, 5.41) is 40.7. The minimum absolute atomic E-state index is 0.267. The number of esters is 1. The van der Waals surface area contributed by atoms with Gasteiger partial charge in [0.1, 0.15) is 23.3 Å². The molecule has 0 unspecified atom stereocenters. The van der Waals surface area contributed by atoms with E-state index >= 15 is 0 Å². The van der Waals surface area contributed by atoms with Crippen LogP contribution in [0.4, 0.5) is 4.79 Å². The highest BCUT2D eigenvalue weighted by molar-refractivity contribution is 6.04. The number of nitrogens with one attached hydrogen (secondary N) is 3. The Labute approximate surface area is 198 Å². The van der Waals surface area contributed by atoms with Crippen molar-refractivity contribution < 1.29 is 29.6 Å². The van der Waals surface area contributed by atoms with Crippen molar-refractivity contribution in [1.29, 1.82) is 0 Å². The first-order chi connectivity index (χ1) is 15.8. The van der Waals surface area contributed by atoms with Gasteiger partial charge in [0.05, 0.1) is 23.8 Å². The van der Waals surface area contributed by atoms with Gasteiger partial charge in [-0.25, -0.2) is 9.59 Å². The van der Waals surface area contributed by atoms with Gasteiger partial charge >= 0.3 is 12.0 Å². The molecule has 2 aromatic rings. The van der Waals surface area contributed by atoms with Crippen LogP contribution in [0, 0.1) is 0 Å². The number of nitrogens with zero attached hydrogens (tertiary/aromatic N) is 1. The SMILES string of the molecule is CCN[C@H]1[C@H](N)[C@@](NC(=O)N(C)C)([C@H](C)O)[C@@](C)(O)[C@@]1(O)COC(=O)c1c[nH]c2ccccc12. The van der Waals surface area contributed by atoms with Gasteiger partial charge in [0.25, 0.3) is 0 Å². The van der Waals surface area contributed by atoms with E-state index in [1.807, 2.05) is 12.1 Å². The number of aromatic amines is 1. The number of carbonyl (C=O) groups excluding carboxylic acids is 2. The summed E-state index contributed by atoms with van der Waals surface area (Å²) in [7, 11) is 2.99. The van der Waals surface area contributed by atoms with E-state index in [0.29, 0.717) is 11.9 Å². The Balaban J connectivity index is 1.99. The molecular weight excluding hydrogens is 442 g/mol. The summed E-state index contributed by atoms with van der Waals surface area (Å²) in [6.45, 7) is 4.13. The van der Waals surface area contributed by atoms with Crippen molar-refractivity contribution in [3.8, 4) is 0 Å². The van der Waals surface area contributed by atoms with Crippen molar-refractivity contribution in [2.75, 3.05) is 27.2 Å². The highest BCUT2D eigenvalue weighted by atomic mass is 16.5. The van der Waals surface area contributed by atoms with Crippen LogP contribution in [0.15, 0.2) is 30.5 Å². The van der Waals surface area contributed by atoms with Gasteiger partial charge in [-0.3, -0.25) is 0 Å². The van der Waals surface area contributed by atoms with Crippen molar-refractivity contribution in [2.24, 2.45) is 5.73 Å². The van der Waals surface area contributed by atoms with E-state index < -0.39 is 53.5 Å². The molecule has 0 radical (unpaired) electrons. The minimum atomic E-state index is -2.22.